The van der Waals surface area contributed by atoms with Gasteiger partial charge in [-0.2, -0.15) is 0 Å². The van der Waals surface area contributed by atoms with Gasteiger partial charge in [0.15, 0.2) is 0 Å². The minimum atomic E-state index is 0.0833. The van der Waals surface area contributed by atoms with Crippen molar-refractivity contribution in [3.05, 3.63) is 24.8 Å². The van der Waals surface area contributed by atoms with Crippen molar-refractivity contribution in [2.45, 2.75) is 6.92 Å². The van der Waals surface area contributed by atoms with Gasteiger partial charge in [-0.15, -0.1) is 0 Å². The predicted molar refractivity (Wildman–Crippen MR) is 42.4 cm³/mol. The normalized spacial score (nSPS) is 7.40. The molecule has 1 rings (SSSR count). The number of nitrogens with zero attached hydrogens (tertiary/aromatic N) is 2. The Hall–Kier alpha value is -0.820. The van der Waals surface area contributed by atoms with Gasteiger partial charge in [-0.05, 0) is 13.0 Å². The van der Waals surface area contributed by atoms with Crippen LogP contribution in [0.5, 0.6) is 0 Å². The third-order valence-electron chi connectivity index (χ3n) is 0.478. The number of carbonyl (C=O) groups excluding carboxylic acids is 1. The predicted octanol–water partition coefficient (Wildman–Crippen LogP) is 0.885. The molecular weight excluding hydrogens is 147 g/mol. The molecule has 0 aliphatic carbocycles. The maximum Gasteiger partial charge on any atom is 0.145 e. The van der Waals surface area contributed by atoms with E-state index >= 15 is 0 Å². The summed E-state index contributed by atoms with van der Waals surface area (Å²) in [6.45, 7) is 1.49. The summed E-state index contributed by atoms with van der Waals surface area (Å²) in [5, 5.41) is 0. The quantitative estimate of drug-likeness (QED) is 0.524. The first kappa shape index (κ1) is 9.18. The highest BCUT2D eigenvalue weighted by molar-refractivity contribution is 7.39. The van der Waals surface area contributed by atoms with Crippen molar-refractivity contribution < 1.29 is 4.79 Å². The van der Waals surface area contributed by atoms with E-state index in [0.29, 0.717) is 0 Å². The first-order valence-corrected chi connectivity index (χ1v) is 3.27. The summed E-state index contributed by atoms with van der Waals surface area (Å²) in [7, 11) is 2.02. The summed E-state index contributed by atoms with van der Waals surface area (Å²) in [5.74, 6) is 0. The third-order valence-corrected chi connectivity index (χ3v) is 0.478. The zero-order chi connectivity index (χ0) is 7.82. The van der Waals surface area contributed by atoms with Crippen LogP contribution in [-0.2, 0) is 4.79 Å². The Labute approximate surface area is 62.1 Å². The van der Waals surface area contributed by atoms with Crippen molar-refractivity contribution in [3.8, 4) is 0 Å². The Morgan fingerprint density at radius 2 is 1.80 bits per heavy atom. The van der Waals surface area contributed by atoms with Crippen LogP contribution in [0.4, 0.5) is 0 Å². The molecular formula is C6H9N2OP. The lowest BCUT2D eigenvalue weighted by molar-refractivity contribution is -0.109. The Balaban J connectivity index is 0.000000180. The molecule has 0 spiro atoms. The standard InChI is InChI=1S/C4H4N2.C2H5OP/c1-2-5-4-6-3-1;1-2(3)4/h1-4H;4H2,1H3. The van der Waals surface area contributed by atoms with Crippen LogP contribution in [0, 0.1) is 0 Å². The molecule has 4 heteroatoms. The first-order valence-electron chi connectivity index (χ1n) is 2.69. The molecule has 0 saturated heterocycles. The molecule has 10 heavy (non-hydrogen) atoms. The van der Waals surface area contributed by atoms with E-state index in [2.05, 4.69) is 9.97 Å². The van der Waals surface area contributed by atoms with Gasteiger partial charge in [-0.25, -0.2) is 9.97 Å². The number of rotatable bonds is 0. The molecule has 1 atom stereocenters. The monoisotopic (exact) mass is 156 g/mol. The molecule has 0 N–H and O–H groups in total. The van der Waals surface area contributed by atoms with Crippen LogP contribution in [-0.4, -0.2) is 15.5 Å². The van der Waals surface area contributed by atoms with E-state index in [-0.39, 0.29) is 5.52 Å². The highest BCUT2D eigenvalue weighted by atomic mass is 31.0. The summed E-state index contributed by atoms with van der Waals surface area (Å²) in [6, 6.07) is 1.78. The van der Waals surface area contributed by atoms with Gasteiger partial charge < -0.3 is 0 Å². The van der Waals surface area contributed by atoms with Crippen molar-refractivity contribution in [1.82, 2.24) is 9.97 Å². The van der Waals surface area contributed by atoms with Crippen molar-refractivity contribution in [3.63, 3.8) is 0 Å². The maximum atomic E-state index is 9.41. The van der Waals surface area contributed by atoms with Crippen molar-refractivity contribution >= 4 is 14.8 Å². The molecule has 1 aromatic rings. The lowest BCUT2D eigenvalue weighted by atomic mass is 10.7. The van der Waals surface area contributed by atoms with E-state index < -0.39 is 0 Å². The molecule has 0 fully saturated rings. The summed E-state index contributed by atoms with van der Waals surface area (Å²) in [6.07, 6.45) is 4.88. The van der Waals surface area contributed by atoms with Gasteiger partial charge in [0.05, 0.1) is 0 Å². The lowest BCUT2D eigenvalue weighted by Crippen LogP contribution is -1.66. The van der Waals surface area contributed by atoms with Crippen LogP contribution in [0.25, 0.3) is 0 Å². The second-order valence-electron chi connectivity index (χ2n) is 1.51. The van der Waals surface area contributed by atoms with Crippen LogP contribution in [0.15, 0.2) is 24.8 Å². The molecule has 3 nitrogen and oxygen atoms in total. The molecule has 0 radical (unpaired) electrons. The maximum absolute atomic E-state index is 9.41. The van der Waals surface area contributed by atoms with Crippen LogP contribution in [0.1, 0.15) is 6.92 Å². The molecule has 0 aliphatic rings. The fraction of sp³-hybridized carbons (Fsp3) is 0.167. The van der Waals surface area contributed by atoms with Crippen LogP contribution >= 0.6 is 9.24 Å². The fourth-order valence-corrected chi connectivity index (χ4v) is 0.253. The smallest absolute Gasteiger partial charge is 0.145 e. The lowest BCUT2D eigenvalue weighted by Gasteiger charge is -1.70. The summed E-state index contributed by atoms with van der Waals surface area (Å²) in [4.78, 5) is 16.8. The van der Waals surface area contributed by atoms with Crippen molar-refractivity contribution in [2.75, 3.05) is 0 Å². The van der Waals surface area contributed by atoms with E-state index in [1.165, 1.54) is 13.3 Å². The largest absolute Gasteiger partial charge is 0.296 e. The topological polar surface area (TPSA) is 42.9 Å². The molecule has 54 valence electrons. The van der Waals surface area contributed by atoms with Gasteiger partial charge in [0.1, 0.15) is 11.9 Å². The van der Waals surface area contributed by atoms with E-state index in [1.807, 2.05) is 9.24 Å². The minimum absolute atomic E-state index is 0.0833. The van der Waals surface area contributed by atoms with Gasteiger partial charge in [-0.3, -0.25) is 4.79 Å². The Morgan fingerprint density at radius 1 is 1.40 bits per heavy atom. The average Bonchev–Trinajstić information content (AvgIpc) is 1.90. The van der Waals surface area contributed by atoms with Gasteiger partial charge >= 0.3 is 0 Å². The van der Waals surface area contributed by atoms with E-state index in [4.69, 9.17) is 0 Å². The fourth-order valence-electron chi connectivity index (χ4n) is 0.253. The van der Waals surface area contributed by atoms with Crippen LogP contribution < -0.4 is 0 Å². The van der Waals surface area contributed by atoms with Crippen molar-refractivity contribution in [2.24, 2.45) is 0 Å². The second-order valence-corrected chi connectivity index (χ2v) is 2.33. The minimum Gasteiger partial charge on any atom is -0.296 e. The van der Waals surface area contributed by atoms with Crippen molar-refractivity contribution in [1.29, 1.82) is 0 Å². The van der Waals surface area contributed by atoms with Crippen LogP contribution in [0.3, 0.4) is 0 Å². The van der Waals surface area contributed by atoms with E-state index in [0.717, 1.165) is 0 Å². The molecule has 1 heterocycles. The Morgan fingerprint density at radius 3 is 1.90 bits per heavy atom. The Bertz CT molecular complexity index is 148. The Kier molecular flexibility index (Phi) is 5.79. The molecule has 0 aliphatic heterocycles. The third kappa shape index (κ3) is 10.2. The highest BCUT2D eigenvalue weighted by Crippen LogP contribution is 1.74. The summed E-state index contributed by atoms with van der Waals surface area (Å²) < 4.78 is 0. The summed E-state index contributed by atoms with van der Waals surface area (Å²) >= 11 is 0. The molecule has 1 aromatic heterocycles. The number of hydrogen-bond donors (Lipinski definition) is 0. The van der Waals surface area contributed by atoms with Gasteiger partial charge in [0.25, 0.3) is 0 Å². The van der Waals surface area contributed by atoms with E-state index in [9.17, 15) is 4.79 Å². The summed E-state index contributed by atoms with van der Waals surface area (Å²) in [5.41, 5.74) is 0.0833. The molecule has 0 amide bonds. The SMILES string of the molecule is CC(=O)P.c1cncnc1. The molecule has 1 unspecified atom stereocenters. The average molecular weight is 156 g/mol. The number of aromatic nitrogens is 2. The molecule has 0 saturated carbocycles. The van der Waals surface area contributed by atoms with Gasteiger partial charge in [-0.1, -0.05) is 9.24 Å². The zero-order valence-corrected chi connectivity index (χ0v) is 6.84. The molecule has 0 aromatic carbocycles. The zero-order valence-electron chi connectivity index (χ0n) is 5.69. The van der Waals surface area contributed by atoms with Gasteiger partial charge in [0, 0.05) is 12.4 Å². The number of carbonyl (C=O) groups is 1. The first-order chi connectivity index (χ1) is 4.73. The van der Waals surface area contributed by atoms with E-state index in [1.54, 1.807) is 18.5 Å². The molecule has 0 bridgehead atoms. The number of hydrogen-bond acceptors (Lipinski definition) is 3. The second kappa shape index (κ2) is 6.30. The van der Waals surface area contributed by atoms with Crippen LogP contribution in [0.2, 0.25) is 0 Å². The van der Waals surface area contributed by atoms with Gasteiger partial charge in [0.2, 0.25) is 0 Å². The highest BCUT2D eigenvalue weighted by Gasteiger charge is 1.62.